The molecule has 1 saturated carbocycles. The average molecular weight is 315 g/mol. The summed E-state index contributed by atoms with van der Waals surface area (Å²) in [6, 6.07) is 4.37. The summed E-state index contributed by atoms with van der Waals surface area (Å²) in [6.07, 6.45) is 3.44. The molecule has 5 N–H and O–H groups in total. The van der Waals surface area contributed by atoms with Crippen molar-refractivity contribution in [2.75, 3.05) is 5.73 Å². The van der Waals surface area contributed by atoms with Crippen molar-refractivity contribution >= 4 is 29.7 Å². The number of halogens is 1. The van der Waals surface area contributed by atoms with Gasteiger partial charge in [0.05, 0.1) is 4.92 Å². The Balaban J connectivity index is 0.00000220. The molecule has 1 aromatic rings. The van der Waals surface area contributed by atoms with Gasteiger partial charge in [0.25, 0.3) is 11.6 Å². The highest BCUT2D eigenvalue weighted by atomic mass is 35.5. The Morgan fingerprint density at radius 2 is 1.90 bits per heavy atom. The number of rotatable bonds is 3. The van der Waals surface area contributed by atoms with Gasteiger partial charge < -0.3 is 16.8 Å². The van der Waals surface area contributed by atoms with Crippen molar-refractivity contribution in [3.05, 3.63) is 33.9 Å². The maximum atomic E-state index is 12.1. The molecular weight excluding hydrogens is 296 g/mol. The predicted octanol–water partition coefficient (Wildman–Crippen LogP) is 1.60. The van der Waals surface area contributed by atoms with Crippen LogP contribution in [-0.4, -0.2) is 22.9 Å². The number of benzene rings is 1. The lowest BCUT2D eigenvalue weighted by Crippen LogP contribution is -2.40. The smallest absolute Gasteiger partial charge is 0.292 e. The molecule has 1 aromatic carbocycles. The quantitative estimate of drug-likeness (QED) is 0.444. The Morgan fingerprint density at radius 1 is 1.29 bits per heavy atom. The van der Waals surface area contributed by atoms with E-state index in [0.29, 0.717) is 0 Å². The third kappa shape index (κ3) is 4.30. The summed E-state index contributed by atoms with van der Waals surface area (Å²) < 4.78 is 0. The van der Waals surface area contributed by atoms with E-state index < -0.39 is 4.92 Å². The van der Waals surface area contributed by atoms with Gasteiger partial charge in [-0.15, -0.1) is 12.4 Å². The van der Waals surface area contributed by atoms with Crippen LogP contribution < -0.4 is 16.8 Å². The summed E-state index contributed by atoms with van der Waals surface area (Å²) in [7, 11) is 0. The maximum absolute atomic E-state index is 12.1. The number of nitrogens with zero attached hydrogens (tertiary/aromatic N) is 1. The molecule has 0 aliphatic heterocycles. The number of anilines is 1. The van der Waals surface area contributed by atoms with E-state index in [1.807, 2.05) is 0 Å². The van der Waals surface area contributed by atoms with Gasteiger partial charge in [-0.3, -0.25) is 14.9 Å². The van der Waals surface area contributed by atoms with Gasteiger partial charge in [0, 0.05) is 23.7 Å². The van der Waals surface area contributed by atoms with E-state index in [-0.39, 0.29) is 47.3 Å². The Bertz CT molecular complexity index is 530. The van der Waals surface area contributed by atoms with Crippen molar-refractivity contribution in [2.45, 2.75) is 37.8 Å². The number of carbonyl (C=O) groups excluding carboxylic acids is 1. The molecule has 1 amide bonds. The van der Waals surface area contributed by atoms with Gasteiger partial charge in [0.2, 0.25) is 0 Å². The molecule has 0 bridgehead atoms. The van der Waals surface area contributed by atoms with Crippen molar-refractivity contribution in [3.63, 3.8) is 0 Å². The van der Waals surface area contributed by atoms with Crippen LogP contribution in [0.25, 0.3) is 0 Å². The standard InChI is InChI=1S/C13H18N4O3.ClH/c14-9-2-4-10(5-3-9)16-13(18)8-1-6-11(15)12(7-8)17(19)20;/h1,6-7,9-10H,2-5,14-15H2,(H,16,18);1H. The van der Waals surface area contributed by atoms with Crippen molar-refractivity contribution in [1.29, 1.82) is 0 Å². The molecule has 0 radical (unpaired) electrons. The molecule has 0 unspecified atom stereocenters. The minimum atomic E-state index is -0.592. The molecule has 1 aliphatic rings. The van der Waals surface area contributed by atoms with Gasteiger partial charge in [-0.2, -0.15) is 0 Å². The normalized spacial score (nSPS) is 21.2. The van der Waals surface area contributed by atoms with Crippen molar-refractivity contribution in [2.24, 2.45) is 5.73 Å². The number of nitrogen functional groups attached to an aromatic ring is 1. The number of nitro groups is 1. The number of hydrogen-bond acceptors (Lipinski definition) is 5. The van der Waals surface area contributed by atoms with Crippen LogP contribution in [-0.2, 0) is 0 Å². The van der Waals surface area contributed by atoms with Crippen molar-refractivity contribution in [1.82, 2.24) is 5.32 Å². The summed E-state index contributed by atoms with van der Waals surface area (Å²) in [4.78, 5) is 22.3. The molecular formula is C13H19ClN4O3. The second-order valence-electron chi connectivity index (χ2n) is 5.12. The van der Waals surface area contributed by atoms with Gasteiger partial charge >= 0.3 is 0 Å². The van der Waals surface area contributed by atoms with E-state index in [1.54, 1.807) is 0 Å². The fraction of sp³-hybridized carbons (Fsp3) is 0.462. The van der Waals surface area contributed by atoms with E-state index in [4.69, 9.17) is 11.5 Å². The third-order valence-corrected chi connectivity index (χ3v) is 3.60. The first-order chi connectivity index (χ1) is 9.47. The zero-order valence-electron chi connectivity index (χ0n) is 11.5. The lowest BCUT2D eigenvalue weighted by molar-refractivity contribution is -0.383. The molecule has 0 atom stereocenters. The van der Waals surface area contributed by atoms with E-state index in [1.165, 1.54) is 18.2 Å². The second-order valence-corrected chi connectivity index (χ2v) is 5.12. The van der Waals surface area contributed by atoms with Gasteiger partial charge in [0.1, 0.15) is 5.69 Å². The molecule has 7 nitrogen and oxygen atoms in total. The summed E-state index contributed by atoms with van der Waals surface area (Å²) in [5.74, 6) is -0.312. The van der Waals surface area contributed by atoms with E-state index in [0.717, 1.165) is 25.7 Å². The molecule has 2 rings (SSSR count). The van der Waals surface area contributed by atoms with Gasteiger partial charge in [-0.1, -0.05) is 0 Å². The average Bonchev–Trinajstić information content (AvgIpc) is 2.41. The number of carbonyl (C=O) groups is 1. The third-order valence-electron chi connectivity index (χ3n) is 3.60. The summed E-state index contributed by atoms with van der Waals surface area (Å²) in [5.41, 5.74) is 11.4. The van der Waals surface area contributed by atoms with Crippen LogP contribution >= 0.6 is 12.4 Å². The number of hydrogen-bond donors (Lipinski definition) is 3. The summed E-state index contributed by atoms with van der Waals surface area (Å²) in [5, 5.41) is 13.7. The van der Waals surface area contributed by atoms with Gasteiger partial charge in [0.15, 0.2) is 0 Å². The Hall–Kier alpha value is -1.86. The molecule has 0 saturated heterocycles. The minimum absolute atomic E-state index is 0. The zero-order chi connectivity index (χ0) is 14.7. The van der Waals surface area contributed by atoms with Crippen LogP contribution in [0.15, 0.2) is 18.2 Å². The van der Waals surface area contributed by atoms with Gasteiger partial charge in [-0.25, -0.2) is 0 Å². The molecule has 0 heterocycles. The highest BCUT2D eigenvalue weighted by Gasteiger charge is 2.22. The lowest BCUT2D eigenvalue weighted by atomic mass is 9.91. The number of amides is 1. The monoisotopic (exact) mass is 314 g/mol. The van der Waals surface area contributed by atoms with E-state index in [9.17, 15) is 14.9 Å². The van der Waals surface area contributed by atoms with Crippen LogP contribution in [0.4, 0.5) is 11.4 Å². The molecule has 1 fully saturated rings. The molecule has 21 heavy (non-hydrogen) atoms. The van der Waals surface area contributed by atoms with E-state index >= 15 is 0 Å². The first-order valence-electron chi connectivity index (χ1n) is 6.57. The highest BCUT2D eigenvalue weighted by molar-refractivity contribution is 5.95. The number of nitro benzene ring substituents is 1. The van der Waals surface area contributed by atoms with Gasteiger partial charge in [-0.05, 0) is 37.8 Å². The molecule has 8 heteroatoms. The Labute approximate surface area is 128 Å². The fourth-order valence-electron chi connectivity index (χ4n) is 2.38. The first kappa shape index (κ1) is 17.2. The minimum Gasteiger partial charge on any atom is -0.393 e. The second kappa shape index (κ2) is 7.24. The topological polar surface area (TPSA) is 124 Å². The number of nitrogens with one attached hydrogen (secondary N) is 1. The van der Waals surface area contributed by atoms with E-state index in [2.05, 4.69) is 5.32 Å². The van der Waals surface area contributed by atoms with Crippen LogP contribution in [0.3, 0.4) is 0 Å². The molecule has 0 spiro atoms. The van der Waals surface area contributed by atoms with Crippen molar-refractivity contribution < 1.29 is 9.72 Å². The summed E-state index contributed by atoms with van der Waals surface area (Å²) in [6.45, 7) is 0. The molecule has 116 valence electrons. The maximum Gasteiger partial charge on any atom is 0.292 e. The largest absolute Gasteiger partial charge is 0.393 e. The zero-order valence-corrected chi connectivity index (χ0v) is 12.3. The summed E-state index contributed by atoms with van der Waals surface area (Å²) >= 11 is 0. The first-order valence-corrected chi connectivity index (χ1v) is 6.57. The lowest BCUT2D eigenvalue weighted by Gasteiger charge is -2.26. The molecule has 1 aliphatic carbocycles. The van der Waals surface area contributed by atoms with Crippen LogP contribution in [0.5, 0.6) is 0 Å². The Morgan fingerprint density at radius 3 is 2.48 bits per heavy atom. The SMILES string of the molecule is Cl.Nc1ccc(C(=O)NC2CCC(N)CC2)cc1[N+](=O)[O-]. The van der Waals surface area contributed by atoms with Crippen LogP contribution in [0.2, 0.25) is 0 Å². The highest BCUT2D eigenvalue weighted by Crippen LogP contribution is 2.23. The fourth-order valence-corrected chi connectivity index (χ4v) is 2.38. The Kier molecular flexibility index (Phi) is 5.92. The number of nitrogens with two attached hydrogens (primary N) is 2. The van der Waals surface area contributed by atoms with Crippen molar-refractivity contribution in [3.8, 4) is 0 Å². The van der Waals surface area contributed by atoms with Crippen LogP contribution in [0.1, 0.15) is 36.0 Å². The van der Waals surface area contributed by atoms with Crippen LogP contribution in [0, 0.1) is 10.1 Å². The molecule has 0 aromatic heterocycles. The predicted molar refractivity (Wildman–Crippen MR) is 82.5 cm³/mol.